The molecule has 1 aromatic heterocycles. The van der Waals surface area contributed by atoms with E-state index in [9.17, 15) is 4.79 Å². The number of benzene rings is 1. The molecular formula is C14H16N2O3. The molecule has 0 saturated carbocycles. The van der Waals surface area contributed by atoms with E-state index >= 15 is 0 Å². The van der Waals surface area contributed by atoms with Gasteiger partial charge in [0.15, 0.2) is 0 Å². The number of anilines is 1. The fourth-order valence-corrected chi connectivity index (χ4v) is 1.81. The molecule has 0 spiro atoms. The number of hydrogen-bond donors (Lipinski definition) is 2. The second-order valence-electron chi connectivity index (χ2n) is 4.38. The minimum absolute atomic E-state index is 0.00664. The number of amides is 1. The molecule has 5 nitrogen and oxygen atoms in total. The zero-order valence-corrected chi connectivity index (χ0v) is 10.9. The molecule has 2 rings (SSSR count). The first-order valence-corrected chi connectivity index (χ1v) is 6.01. The topological polar surface area (TPSA) is 75.4 Å². The molecular weight excluding hydrogens is 244 g/mol. The molecule has 1 aromatic carbocycles. The molecule has 19 heavy (non-hydrogen) atoms. The monoisotopic (exact) mass is 260 g/mol. The maximum Gasteiger partial charge on any atom is 0.228 e. The number of nitrogens with zero attached hydrogens (tertiary/aromatic N) is 1. The van der Waals surface area contributed by atoms with Gasteiger partial charge in [-0.3, -0.25) is 4.79 Å². The highest BCUT2D eigenvalue weighted by atomic mass is 16.5. The average molecular weight is 260 g/mol. The molecule has 2 N–H and O–H groups in total. The van der Waals surface area contributed by atoms with Crippen molar-refractivity contribution < 1.29 is 14.4 Å². The number of aromatic nitrogens is 1. The lowest BCUT2D eigenvalue weighted by Crippen LogP contribution is -2.15. The summed E-state index contributed by atoms with van der Waals surface area (Å²) in [5.41, 5.74) is 3.07. The van der Waals surface area contributed by atoms with Gasteiger partial charge in [0, 0.05) is 11.3 Å². The summed E-state index contributed by atoms with van der Waals surface area (Å²) in [6, 6.07) is 7.06. The Hall–Kier alpha value is -2.14. The van der Waals surface area contributed by atoms with Crippen LogP contribution in [0.3, 0.4) is 0 Å². The molecule has 1 amide bonds. The number of rotatable bonds is 4. The van der Waals surface area contributed by atoms with E-state index in [1.165, 1.54) is 0 Å². The highest BCUT2D eigenvalue weighted by molar-refractivity contribution is 5.92. The van der Waals surface area contributed by atoms with Crippen LogP contribution in [0, 0.1) is 13.8 Å². The van der Waals surface area contributed by atoms with Crippen molar-refractivity contribution in [3.8, 4) is 0 Å². The summed E-state index contributed by atoms with van der Waals surface area (Å²) in [6.07, 6.45) is 0.239. The summed E-state index contributed by atoms with van der Waals surface area (Å²) in [4.78, 5) is 11.9. The SMILES string of the molecule is Cc1noc(C)c1CC(=O)Nc1ccc(CO)cc1. The minimum atomic E-state index is -0.119. The van der Waals surface area contributed by atoms with Crippen LogP contribution in [0.5, 0.6) is 0 Å². The smallest absolute Gasteiger partial charge is 0.228 e. The fraction of sp³-hybridized carbons (Fsp3) is 0.286. The second kappa shape index (κ2) is 5.67. The number of carbonyl (C=O) groups is 1. The van der Waals surface area contributed by atoms with Gasteiger partial charge in [0.2, 0.25) is 5.91 Å². The van der Waals surface area contributed by atoms with Gasteiger partial charge in [-0.2, -0.15) is 0 Å². The summed E-state index contributed by atoms with van der Waals surface area (Å²) >= 11 is 0. The van der Waals surface area contributed by atoms with Crippen LogP contribution in [0.4, 0.5) is 5.69 Å². The van der Waals surface area contributed by atoms with E-state index in [0.29, 0.717) is 11.4 Å². The van der Waals surface area contributed by atoms with Gasteiger partial charge in [0.1, 0.15) is 5.76 Å². The Morgan fingerprint density at radius 1 is 1.32 bits per heavy atom. The molecule has 0 radical (unpaired) electrons. The molecule has 0 aliphatic rings. The number of hydrogen-bond acceptors (Lipinski definition) is 4. The van der Waals surface area contributed by atoms with E-state index in [2.05, 4.69) is 10.5 Å². The van der Waals surface area contributed by atoms with Crippen molar-refractivity contribution in [2.75, 3.05) is 5.32 Å². The van der Waals surface area contributed by atoms with Gasteiger partial charge in [-0.1, -0.05) is 17.3 Å². The standard InChI is InChI=1S/C14H16N2O3/c1-9-13(10(2)19-16-9)7-14(18)15-12-5-3-11(8-17)4-6-12/h3-6,17H,7-8H2,1-2H3,(H,15,18). The van der Waals surface area contributed by atoms with Crippen LogP contribution in [0.1, 0.15) is 22.6 Å². The Morgan fingerprint density at radius 3 is 2.53 bits per heavy atom. The quantitative estimate of drug-likeness (QED) is 0.881. The molecule has 0 fully saturated rings. The van der Waals surface area contributed by atoms with Crippen molar-refractivity contribution in [2.45, 2.75) is 26.9 Å². The maximum atomic E-state index is 11.9. The van der Waals surface area contributed by atoms with E-state index in [1.54, 1.807) is 31.2 Å². The van der Waals surface area contributed by atoms with Crippen molar-refractivity contribution in [1.82, 2.24) is 5.16 Å². The van der Waals surface area contributed by atoms with Crippen LogP contribution < -0.4 is 5.32 Å². The Kier molecular flexibility index (Phi) is 3.97. The van der Waals surface area contributed by atoms with Gasteiger partial charge in [-0.05, 0) is 31.5 Å². The lowest BCUT2D eigenvalue weighted by atomic mass is 10.1. The van der Waals surface area contributed by atoms with Crippen molar-refractivity contribution in [1.29, 1.82) is 0 Å². The molecule has 100 valence electrons. The third kappa shape index (κ3) is 3.20. The van der Waals surface area contributed by atoms with Gasteiger partial charge >= 0.3 is 0 Å². The maximum absolute atomic E-state index is 11.9. The largest absolute Gasteiger partial charge is 0.392 e. The van der Waals surface area contributed by atoms with Gasteiger partial charge in [0.05, 0.1) is 18.7 Å². The molecule has 0 saturated heterocycles. The number of aryl methyl sites for hydroxylation is 2. The van der Waals surface area contributed by atoms with Gasteiger partial charge in [-0.25, -0.2) is 0 Å². The van der Waals surface area contributed by atoms with Crippen LogP contribution in [0.2, 0.25) is 0 Å². The summed E-state index contributed by atoms with van der Waals surface area (Å²) < 4.78 is 5.02. The Morgan fingerprint density at radius 2 is 2.00 bits per heavy atom. The molecule has 0 aliphatic heterocycles. The Balaban J connectivity index is 2.01. The normalized spacial score (nSPS) is 10.5. The first kappa shape index (κ1) is 13.3. The predicted octanol–water partition coefficient (Wildman–Crippen LogP) is 1.96. The molecule has 0 unspecified atom stereocenters. The summed E-state index contributed by atoms with van der Waals surface area (Å²) in [7, 11) is 0. The molecule has 1 heterocycles. The number of aliphatic hydroxyl groups excluding tert-OH is 1. The fourth-order valence-electron chi connectivity index (χ4n) is 1.81. The highest BCUT2D eigenvalue weighted by Gasteiger charge is 2.13. The Bertz CT molecular complexity index is 553. The zero-order valence-electron chi connectivity index (χ0n) is 10.9. The molecule has 5 heteroatoms. The lowest BCUT2D eigenvalue weighted by molar-refractivity contribution is -0.115. The first-order chi connectivity index (χ1) is 9.10. The van der Waals surface area contributed by atoms with E-state index in [-0.39, 0.29) is 18.9 Å². The van der Waals surface area contributed by atoms with Crippen LogP contribution in [-0.4, -0.2) is 16.2 Å². The average Bonchev–Trinajstić information content (AvgIpc) is 2.71. The van der Waals surface area contributed by atoms with E-state index in [0.717, 1.165) is 16.8 Å². The van der Waals surface area contributed by atoms with Gasteiger partial charge in [-0.15, -0.1) is 0 Å². The van der Waals surface area contributed by atoms with Crippen LogP contribution >= 0.6 is 0 Å². The van der Waals surface area contributed by atoms with E-state index in [1.807, 2.05) is 6.92 Å². The van der Waals surface area contributed by atoms with Crippen molar-refractivity contribution in [3.05, 3.63) is 46.8 Å². The highest BCUT2D eigenvalue weighted by Crippen LogP contribution is 2.15. The number of nitrogens with one attached hydrogen (secondary N) is 1. The van der Waals surface area contributed by atoms with Crippen molar-refractivity contribution >= 4 is 11.6 Å². The van der Waals surface area contributed by atoms with Crippen LogP contribution in [0.15, 0.2) is 28.8 Å². The van der Waals surface area contributed by atoms with E-state index < -0.39 is 0 Å². The Labute approximate surface area is 111 Å². The molecule has 0 atom stereocenters. The molecule has 0 aliphatic carbocycles. The van der Waals surface area contributed by atoms with Crippen LogP contribution in [0.25, 0.3) is 0 Å². The summed E-state index contributed by atoms with van der Waals surface area (Å²) in [6.45, 7) is 3.60. The van der Waals surface area contributed by atoms with Crippen molar-refractivity contribution in [2.24, 2.45) is 0 Å². The molecule has 2 aromatic rings. The van der Waals surface area contributed by atoms with Crippen LogP contribution in [-0.2, 0) is 17.8 Å². The number of aliphatic hydroxyl groups is 1. The van der Waals surface area contributed by atoms with Gasteiger partial charge < -0.3 is 14.9 Å². The molecule has 0 bridgehead atoms. The summed E-state index contributed by atoms with van der Waals surface area (Å²) in [5, 5.41) is 15.5. The third-order valence-electron chi connectivity index (χ3n) is 2.94. The summed E-state index contributed by atoms with van der Waals surface area (Å²) in [5.74, 6) is 0.550. The minimum Gasteiger partial charge on any atom is -0.392 e. The predicted molar refractivity (Wildman–Crippen MR) is 70.7 cm³/mol. The van der Waals surface area contributed by atoms with Gasteiger partial charge in [0.25, 0.3) is 0 Å². The number of carbonyl (C=O) groups excluding carboxylic acids is 1. The first-order valence-electron chi connectivity index (χ1n) is 6.01. The lowest BCUT2D eigenvalue weighted by Gasteiger charge is -2.05. The van der Waals surface area contributed by atoms with E-state index in [4.69, 9.17) is 9.63 Å². The third-order valence-corrected chi connectivity index (χ3v) is 2.94. The second-order valence-corrected chi connectivity index (χ2v) is 4.38. The van der Waals surface area contributed by atoms with Crippen molar-refractivity contribution in [3.63, 3.8) is 0 Å². The zero-order chi connectivity index (χ0) is 13.8.